The molecule has 0 aromatic heterocycles. The lowest BCUT2D eigenvalue weighted by molar-refractivity contribution is -0.120. The molecule has 29 heavy (non-hydrogen) atoms. The lowest BCUT2D eigenvalue weighted by Gasteiger charge is -2.36. The molecule has 3 fully saturated rings. The van der Waals surface area contributed by atoms with Crippen LogP contribution in [0.1, 0.15) is 32.1 Å². The maximum atomic E-state index is 12.6. The van der Waals surface area contributed by atoms with Crippen LogP contribution in [0.5, 0.6) is 0 Å². The predicted octanol–water partition coefficient (Wildman–Crippen LogP) is 3.80. The van der Waals surface area contributed by atoms with Crippen LogP contribution in [-0.4, -0.2) is 50.1 Å². The fourth-order valence-electron chi connectivity index (χ4n) is 4.53. The van der Waals surface area contributed by atoms with E-state index in [4.69, 9.17) is 5.73 Å². The Labute approximate surface area is 193 Å². The van der Waals surface area contributed by atoms with Gasteiger partial charge < -0.3 is 16.0 Å². The molecule has 0 spiro atoms. The molecule has 3 aliphatic rings. The molecule has 0 radical (unpaired) electrons. The van der Waals surface area contributed by atoms with Gasteiger partial charge in [0.15, 0.2) is 0 Å². The second-order valence-electron chi connectivity index (χ2n) is 8.30. The summed E-state index contributed by atoms with van der Waals surface area (Å²) in [6.07, 6.45) is 6.02. The Morgan fingerprint density at radius 1 is 1.03 bits per heavy atom. The van der Waals surface area contributed by atoms with Gasteiger partial charge in [0.1, 0.15) is 0 Å². The number of hydrogen-bond acceptors (Lipinski definition) is 4. The molecule has 8 heteroatoms. The topological polar surface area (TPSA) is 61.6 Å². The number of amides is 1. The van der Waals surface area contributed by atoms with Crippen molar-refractivity contribution in [1.29, 1.82) is 0 Å². The average molecular weight is 466 g/mol. The van der Waals surface area contributed by atoms with Gasteiger partial charge in [-0.05, 0) is 62.3 Å². The molecule has 2 atom stereocenters. The summed E-state index contributed by atoms with van der Waals surface area (Å²) in [5.41, 5.74) is 7.96. The lowest BCUT2D eigenvalue weighted by Crippen LogP contribution is -2.47. The maximum absolute atomic E-state index is 12.6. The maximum Gasteiger partial charge on any atom is 0.227 e. The fourth-order valence-corrected chi connectivity index (χ4v) is 4.53. The largest absolute Gasteiger partial charge is 0.369 e. The second kappa shape index (κ2) is 12.2. The molecule has 5 nitrogen and oxygen atoms in total. The summed E-state index contributed by atoms with van der Waals surface area (Å²) in [5, 5.41) is 3.14. The molecule has 1 aromatic carbocycles. The zero-order chi connectivity index (χ0) is 17.9. The molecule has 0 unspecified atom stereocenters. The van der Waals surface area contributed by atoms with Crippen LogP contribution in [0.4, 0.5) is 11.4 Å². The zero-order valence-electron chi connectivity index (χ0n) is 16.9. The third kappa shape index (κ3) is 6.90. The van der Waals surface area contributed by atoms with Crippen LogP contribution in [0.2, 0.25) is 0 Å². The standard InChI is InChI=1S/C21H32N4O.3ClH/c22-14-17-3-1-6-20(17)21(26)23-18-4-2-5-19(13-18)25-11-9-24(10-12-25)15-16-7-8-16;;;/h2,4-5,13,16-17,20H,1,3,6-12,14-15,22H2,(H,23,26);3*1H/t17-,20-;;;/m1.../s1. The van der Waals surface area contributed by atoms with Crippen LogP contribution in [0.3, 0.4) is 0 Å². The molecular weight excluding hydrogens is 431 g/mol. The van der Waals surface area contributed by atoms with Crippen molar-refractivity contribution in [3.05, 3.63) is 24.3 Å². The molecule has 1 heterocycles. The van der Waals surface area contributed by atoms with Gasteiger partial charge in [-0.1, -0.05) is 12.5 Å². The number of carbonyl (C=O) groups is 1. The Balaban J connectivity index is 0.00000140. The summed E-state index contributed by atoms with van der Waals surface area (Å²) in [4.78, 5) is 17.7. The number of carbonyl (C=O) groups excluding carboxylic acids is 1. The average Bonchev–Trinajstić information content (AvgIpc) is 3.34. The molecule has 1 aliphatic heterocycles. The van der Waals surface area contributed by atoms with E-state index in [1.54, 1.807) is 0 Å². The van der Waals surface area contributed by atoms with E-state index >= 15 is 0 Å². The summed E-state index contributed by atoms with van der Waals surface area (Å²) >= 11 is 0. The molecule has 2 saturated carbocycles. The minimum atomic E-state index is 0. The smallest absolute Gasteiger partial charge is 0.227 e. The number of nitrogens with zero attached hydrogens (tertiary/aromatic N) is 2. The van der Waals surface area contributed by atoms with Crippen molar-refractivity contribution in [1.82, 2.24) is 4.90 Å². The van der Waals surface area contributed by atoms with Crippen molar-refractivity contribution in [2.45, 2.75) is 32.1 Å². The fraction of sp³-hybridized carbons (Fsp3) is 0.667. The van der Waals surface area contributed by atoms with Gasteiger partial charge in [0.25, 0.3) is 0 Å². The predicted molar refractivity (Wildman–Crippen MR) is 128 cm³/mol. The molecule has 0 bridgehead atoms. The Morgan fingerprint density at radius 3 is 2.41 bits per heavy atom. The summed E-state index contributed by atoms with van der Waals surface area (Å²) in [7, 11) is 0. The summed E-state index contributed by atoms with van der Waals surface area (Å²) in [6.45, 7) is 6.33. The van der Waals surface area contributed by atoms with Crippen molar-refractivity contribution in [2.75, 3.05) is 49.5 Å². The Kier molecular flexibility index (Phi) is 11.1. The van der Waals surface area contributed by atoms with Gasteiger partial charge >= 0.3 is 0 Å². The minimum Gasteiger partial charge on any atom is -0.369 e. The van der Waals surface area contributed by atoms with Gasteiger partial charge in [-0.25, -0.2) is 0 Å². The molecule has 1 aromatic rings. The number of anilines is 2. The highest BCUT2D eigenvalue weighted by molar-refractivity contribution is 5.93. The first kappa shape index (κ1) is 26.3. The van der Waals surface area contributed by atoms with E-state index in [0.29, 0.717) is 12.5 Å². The molecule has 1 amide bonds. The quantitative estimate of drug-likeness (QED) is 0.671. The molecule has 2 aliphatic carbocycles. The van der Waals surface area contributed by atoms with Crippen molar-refractivity contribution >= 4 is 54.5 Å². The highest BCUT2D eigenvalue weighted by Gasteiger charge is 2.32. The van der Waals surface area contributed by atoms with E-state index < -0.39 is 0 Å². The van der Waals surface area contributed by atoms with Crippen LogP contribution < -0.4 is 16.0 Å². The van der Waals surface area contributed by atoms with Gasteiger partial charge in [-0.2, -0.15) is 0 Å². The van der Waals surface area contributed by atoms with Crippen LogP contribution in [-0.2, 0) is 4.79 Å². The van der Waals surface area contributed by atoms with Crippen molar-refractivity contribution in [3.63, 3.8) is 0 Å². The van der Waals surface area contributed by atoms with Crippen molar-refractivity contribution in [2.24, 2.45) is 23.5 Å². The van der Waals surface area contributed by atoms with Crippen molar-refractivity contribution < 1.29 is 4.79 Å². The third-order valence-electron chi connectivity index (χ3n) is 6.36. The SMILES string of the molecule is Cl.Cl.Cl.NC[C@H]1CCC[C@H]1C(=O)Nc1cccc(N2CCN(CC3CC3)CC2)c1. The molecule has 166 valence electrons. The van der Waals surface area contributed by atoms with E-state index in [1.807, 2.05) is 6.07 Å². The zero-order valence-corrected chi connectivity index (χ0v) is 19.4. The summed E-state index contributed by atoms with van der Waals surface area (Å²) in [6, 6.07) is 8.33. The van der Waals surface area contributed by atoms with Crippen LogP contribution in [0.25, 0.3) is 0 Å². The van der Waals surface area contributed by atoms with E-state index in [-0.39, 0.29) is 49.0 Å². The Morgan fingerprint density at radius 2 is 1.76 bits per heavy atom. The number of halogens is 3. The van der Waals surface area contributed by atoms with Crippen molar-refractivity contribution in [3.8, 4) is 0 Å². The van der Waals surface area contributed by atoms with E-state index in [2.05, 4.69) is 33.3 Å². The van der Waals surface area contributed by atoms with Gasteiger partial charge in [-0.15, -0.1) is 37.2 Å². The second-order valence-corrected chi connectivity index (χ2v) is 8.30. The highest BCUT2D eigenvalue weighted by atomic mass is 35.5. The summed E-state index contributed by atoms with van der Waals surface area (Å²) < 4.78 is 0. The van der Waals surface area contributed by atoms with Gasteiger partial charge in [-0.3, -0.25) is 9.69 Å². The first-order valence-corrected chi connectivity index (χ1v) is 10.3. The lowest BCUT2D eigenvalue weighted by atomic mass is 9.95. The number of benzene rings is 1. The van der Waals surface area contributed by atoms with Gasteiger partial charge in [0.05, 0.1) is 0 Å². The van der Waals surface area contributed by atoms with E-state index in [1.165, 1.54) is 25.1 Å². The van der Waals surface area contributed by atoms with Crippen LogP contribution in [0, 0.1) is 17.8 Å². The van der Waals surface area contributed by atoms with E-state index in [9.17, 15) is 4.79 Å². The first-order chi connectivity index (χ1) is 12.7. The Bertz CT molecular complexity index is 636. The van der Waals surface area contributed by atoms with Gasteiger partial charge in [0.2, 0.25) is 5.91 Å². The number of rotatable bonds is 6. The molecule has 3 N–H and O–H groups in total. The van der Waals surface area contributed by atoms with Crippen LogP contribution >= 0.6 is 37.2 Å². The summed E-state index contributed by atoms with van der Waals surface area (Å²) in [5.74, 6) is 1.53. The third-order valence-corrected chi connectivity index (χ3v) is 6.36. The van der Waals surface area contributed by atoms with E-state index in [0.717, 1.165) is 57.0 Å². The first-order valence-electron chi connectivity index (χ1n) is 10.3. The van der Waals surface area contributed by atoms with Crippen LogP contribution in [0.15, 0.2) is 24.3 Å². The normalized spacial score (nSPS) is 24.1. The number of nitrogens with two attached hydrogens (primary N) is 1. The molecular formula is C21H35Cl3N4O. The number of piperazine rings is 1. The number of hydrogen-bond donors (Lipinski definition) is 2. The highest BCUT2D eigenvalue weighted by Crippen LogP contribution is 2.32. The minimum absolute atomic E-state index is 0. The monoisotopic (exact) mass is 464 g/mol. The molecule has 4 rings (SSSR count). The molecule has 1 saturated heterocycles. The number of nitrogens with one attached hydrogen (secondary N) is 1. The van der Waals surface area contributed by atoms with Gasteiger partial charge in [0, 0.05) is 50.0 Å². The Hall–Kier alpha value is -0.720.